The summed E-state index contributed by atoms with van der Waals surface area (Å²) in [7, 11) is 2.19. The molecule has 1 aromatic heterocycles. The molecule has 0 spiro atoms. The van der Waals surface area contributed by atoms with E-state index < -0.39 is 0 Å². The zero-order chi connectivity index (χ0) is 12.3. The molecule has 4 nitrogen and oxygen atoms in total. The first-order valence-electron chi connectivity index (χ1n) is 5.97. The molecule has 0 bridgehead atoms. The molecule has 0 amide bonds. The van der Waals surface area contributed by atoms with E-state index in [1.54, 1.807) is 0 Å². The molecule has 1 fully saturated rings. The fraction of sp³-hybridized carbons (Fsp3) is 0.667. The molecule has 5 heteroatoms. The van der Waals surface area contributed by atoms with Gasteiger partial charge < -0.3 is 10.2 Å². The molecule has 1 aliphatic heterocycles. The van der Waals surface area contributed by atoms with Gasteiger partial charge in [-0.25, -0.2) is 9.97 Å². The summed E-state index contributed by atoms with van der Waals surface area (Å²) < 4.78 is 1.07. The first-order valence-corrected chi connectivity index (χ1v) is 7.05. The summed E-state index contributed by atoms with van der Waals surface area (Å²) in [6, 6.07) is 0. The second kappa shape index (κ2) is 5.48. The maximum Gasteiger partial charge on any atom is 0.222 e. The van der Waals surface area contributed by atoms with Crippen molar-refractivity contribution in [2.24, 2.45) is 5.41 Å². The molecule has 17 heavy (non-hydrogen) atoms. The second-order valence-electron chi connectivity index (χ2n) is 5.19. The Balaban J connectivity index is 1.87. The topological polar surface area (TPSA) is 41.0 Å². The van der Waals surface area contributed by atoms with Gasteiger partial charge in [0.2, 0.25) is 5.95 Å². The summed E-state index contributed by atoms with van der Waals surface area (Å²) in [6.45, 7) is 5.68. The monoisotopic (exact) mass is 346 g/mol. The van der Waals surface area contributed by atoms with Crippen LogP contribution in [-0.4, -0.2) is 41.5 Å². The van der Waals surface area contributed by atoms with Crippen LogP contribution in [0, 0.1) is 8.99 Å². The van der Waals surface area contributed by atoms with Gasteiger partial charge in [-0.05, 0) is 61.0 Å². The SMILES string of the molecule is CN1CCC(C)(CNc2ncc(I)cn2)CC1. The Bertz CT molecular complexity index is 357. The van der Waals surface area contributed by atoms with Gasteiger partial charge in [-0.15, -0.1) is 0 Å². The quantitative estimate of drug-likeness (QED) is 0.853. The third kappa shape index (κ3) is 3.77. The summed E-state index contributed by atoms with van der Waals surface area (Å²) in [5.74, 6) is 0.741. The number of likely N-dealkylation sites (tertiary alicyclic amines) is 1. The first-order chi connectivity index (χ1) is 8.07. The minimum absolute atomic E-state index is 0.374. The van der Waals surface area contributed by atoms with E-state index in [4.69, 9.17) is 0 Å². The smallest absolute Gasteiger partial charge is 0.222 e. The minimum Gasteiger partial charge on any atom is -0.354 e. The molecule has 1 saturated heterocycles. The molecule has 1 aromatic rings. The lowest BCUT2D eigenvalue weighted by atomic mass is 9.80. The number of piperidine rings is 1. The van der Waals surface area contributed by atoms with Crippen LogP contribution in [0.4, 0.5) is 5.95 Å². The Morgan fingerprint density at radius 1 is 1.35 bits per heavy atom. The number of nitrogens with zero attached hydrogens (tertiary/aromatic N) is 3. The number of anilines is 1. The van der Waals surface area contributed by atoms with Crippen molar-refractivity contribution in [2.45, 2.75) is 19.8 Å². The fourth-order valence-electron chi connectivity index (χ4n) is 2.03. The molecule has 0 radical (unpaired) electrons. The van der Waals surface area contributed by atoms with Crippen LogP contribution in [0.3, 0.4) is 0 Å². The molecule has 0 atom stereocenters. The van der Waals surface area contributed by atoms with E-state index in [9.17, 15) is 0 Å². The molecule has 2 heterocycles. The summed E-state index contributed by atoms with van der Waals surface area (Å²) >= 11 is 2.21. The van der Waals surface area contributed by atoms with Gasteiger partial charge >= 0.3 is 0 Å². The summed E-state index contributed by atoms with van der Waals surface area (Å²) in [5.41, 5.74) is 0.374. The molecule has 0 aromatic carbocycles. The number of halogens is 1. The summed E-state index contributed by atoms with van der Waals surface area (Å²) in [6.07, 6.45) is 6.15. The van der Waals surface area contributed by atoms with Gasteiger partial charge in [-0.3, -0.25) is 0 Å². The van der Waals surface area contributed by atoms with Crippen LogP contribution in [-0.2, 0) is 0 Å². The van der Waals surface area contributed by atoms with Crippen molar-refractivity contribution < 1.29 is 0 Å². The molecule has 0 saturated carbocycles. The van der Waals surface area contributed by atoms with E-state index in [1.165, 1.54) is 25.9 Å². The van der Waals surface area contributed by atoms with Gasteiger partial charge in [0, 0.05) is 22.5 Å². The van der Waals surface area contributed by atoms with Gasteiger partial charge in [0.25, 0.3) is 0 Å². The van der Waals surface area contributed by atoms with Gasteiger partial charge in [-0.2, -0.15) is 0 Å². The van der Waals surface area contributed by atoms with Gasteiger partial charge in [0.1, 0.15) is 0 Å². The molecule has 0 unspecified atom stereocenters. The van der Waals surface area contributed by atoms with Crippen molar-refractivity contribution in [2.75, 3.05) is 32.0 Å². The van der Waals surface area contributed by atoms with E-state index in [2.05, 4.69) is 56.7 Å². The Morgan fingerprint density at radius 2 is 1.94 bits per heavy atom. The average molecular weight is 346 g/mol. The number of hydrogen-bond acceptors (Lipinski definition) is 4. The molecule has 2 rings (SSSR count). The summed E-state index contributed by atoms with van der Waals surface area (Å²) in [5, 5.41) is 3.35. The predicted molar refractivity (Wildman–Crippen MR) is 78.1 cm³/mol. The van der Waals surface area contributed by atoms with Crippen molar-refractivity contribution in [3.8, 4) is 0 Å². The number of aromatic nitrogens is 2. The van der Waals surface area contributed by atoms with E-state index >= 15 is 0 Å². The molecule has 94 valence electrons. The highest BCUT2D eigenvalue weighted by molar-refractivity contribution is 14.1. The number of hydrogen-bond donors (Lipinski definition) is 1. The lowest BCUT2D eigenvalue weighted by molar-refractivity contribution is 0.150. The van der Waals surface area contributed by atoms with Crippen molar-refractivity contribution in [3.63, 3.8) is 0 Å². The maximum absolute atomic E-state index is 4.27. The Kier molecular flexibility index (Phi) is 4.19. The fourth-order valence-corrected chi connectivity index (χ4v) is 2.31. The van der Waals surface area contributed by atoms with E-state index in [0.29, 0.717) is 5.41 Å². The Morgan fingerprint density at radius 3 is 2.53 bits per heavy atom. The molecular formula is C12H19IN4. The van der Waals surface area contributed by atoms with Crippen LogP contribution in [0.15, 0.2) is 12.4 Å². The van der Waals surface area contributed by atoms with Gasteiger partial charge in [-0.1, -0.05) is 6.92 Å². The largest absolute Gasteiger partial charge is 0.354 e. The lowest BCUT2D eigenvalue weighted by Gasteiger charge is -2.37. The van der Waals surface area contributed by atoms with Gasteiger partial charge in [0.05, 0.1) is 0 Å². The first kappa shape index (κ1) is 13.0. The molecular weight excluding hydrogens is 327 g/mol. The lowest BCUT2D eigenvalue weighted by Crippen LogP contribution is -2.40. The van der Waals surface area contributed by atoms with Crippen LogP contribution >= 0.6 is 22.6 Å². The van der Waals surface area contributed by atoms with Crippen molar-refractivity contribution in [1.29, 1.82) is 0 Å². The number of rotatable bonds is 3. The van der Waals surface area contributed by atoms with Crippen LogP contribution in [0.2, 0.25) is 0 Å². The third-order valence-corrected chi connectivity index (χ3v) is 4.04. The second-order valence-corrected chi connectivity index (χ2v) is 6.44. The van der Waals surface area contributed by atoms with Crippen LogP contribution in [0.25, 0.3) is 0 Å². The van der Waals surface area contributed by atoms with Crippen LogP contribution < -0.4 is 5.32 Å². The van der Waals surface area contributed by atoms with E-state index in [1.807, 2.05) is 12.4 Å². The molecule has 1 aliphatic rings. The van der Waals surface area contributed by atoms with E-state index in [0.717, 1.165) is 16.1 Å². The number of nitrogens with one attached hydrogen (secondary N) is 1. The molecule has 0 aliphatic carbocycles. The van der Waals surface area contributed by atoms with E-state index in [-0.39, 0.29) is 0 Å². The van der Waals surface area contributed by atoms with Crippen molar-refractivity contribution >= 4 is 28.5 Å². The zero-order valence-electron chi connectivity index (χ0n) is 10.4. The van der Waals surface area contributed by atoms with Crippen LogP contribution in [0.1, 0.15) is 19.8 Å². The summed E-state index contributed by atoms with van der Waals surface area (Å²) in [4.78, 5) is 10.9. The zero-order valence-corrected chi connectivity index (χ0v) is 12.6. The third-order valence-electron chi connectivity index (χ3n) is 3.49. The Hall–Kier alpha value is -0.430. The highest BCUT2D eigenvalue weighted by Crippen LogP contribution is 2.30. The molecule has 1 N–H and O–H groups in total. The average Bonchev–Trinajstić information content (AvgIpc) is 2.33. The van der Waals surface area contributed by atoms with Crippen LogP contribution in [0.5, 0.6) is 0 Å². The normalized spacial score (nSPS) is 20.2. The minimum atomic E-state index is 0.374. The van der Waals surface area contributed by atoms with Gasteiger partial charge in [0.15, 0.2) is 0 Å². The highest BCUT2D eigenvalue weighted by Gasteiger charge is 2.28. The maximum atomic E-state index is 4.27. The van der Waals surface area contributed by atoms with Crippen molar-refractivity contribution in [3.05, 3.63) is 16.0 Å². The highest BCUT2D eigenvalue weighted by atomic mass is 127. The standard InChI is InChI=1S/C12H19IN4/c1-12(3-5-17(2)6-4-12)9-16-11-14-7-10(13)8-15-11/h7-8H,3-6,9H2,1-2H3,(H,14,15,16). The predicted octanol–water partition coefficient (Wildman–Crippen LogP) is 2.22. The van der Waals surface area contributed by atoms with Crippen molar-refractivity contribution in [1.82, 2.24) is 14.9 Å². The Labute approximate surface area is 116 Å².